The quantitative estimate of drug-likeness (QED) is 0.706. The lowest BCUT2D eigenvalue weighted by atomic mass is 10.0. The van der Waals surface area contributed by atoms with Crippen molar-refractivity contribution >= 4 is 37.7 Å². The molecule has 9 heteroatoms. The van der Waals surface area contributed by atoms with Crippen molar-refractivity contribution in [2.75, 3.05) is 5.73 Å². The van der Waals surface area contributed by atoms with Gasteiger partial charge in [-0.05, 0) is 35.8 Å². The topological polar surface area (TPSA) is 128 Å². The number of hydrogen-bond donors (Lipinski definition) is 3. The van der Waals surface area contributed by atoms with Gasteiger partial charge in [0.25, 0.3) is 0 Å². The van der Waals surface area contributed by atoms with Gasteiger partial charge in [0.05, 0.1) is 0 Å². The third-order valence-electron chi connectivity index (χ3n) is 2.16. The molecule has 1 aromatic heterocycles. The van der Waals surface area contributed by atoms with E-state index >= 15 is 0 Å². The number of amides is 1. The predicted octanol–water partition coefficient (Wildman–Crippen LogP) is 0.359. The van der Waals surface area contributed by atoms with Gasteiger partial charge in [0.1, 0.15) is 10.7 Å². The van der Waals surface area contributed by atoms with Crippen LogP contribution < -0.4 is 16.2 Å². The Bertz CT molecular complexity index is 601. The molecule has 0 fully saturated rings. The first-order chi connectivity index (χ1) is 8.53. The smallest absolute Gasteiger partial charge is 0.244 e. The van der Waals surface area contributed by atoms with Crippen molar-refractivity contribution in [2.45, 2.75) is 30.7 Å². The number of nitrogens with one attached hydrogen (secondary N) is 1. The highest BCUT2D eigenvalue weighted by Crippen LogP contribution is 2.22. The Balaban J connectivity index is 3.11. The highest BCUT2D eigenvalue weighted by Gasteiger charge is 2.29. The number of halogens is 1. The molecule has 0 aliphatic rings. The molecule has 0 radical (unpaired) electrons. The minimum Gasteiger partial charge on any atom is -0.383 e. The fourth-order valence-corrected chi connectivity index (χ4v) is 3.54. The Morgan fingerprint density at radius 3 is 2.63 bits per heavy atom. The lowest BCUT2D eigenvalue weighted by Gasteiger charge is -2.24. The zero-order valence-corrected chi connectivity index (χ0v) is 12.9. The maximum atomic E-state index is 12.2. The molecule has 1 rings (SSSR count). The van der Waals surface area contributed by atoms with Crippen LogP contribution in [-0.2, 0) is 14.8 Å². The van der Waals surface area contributed by atoms with Crippen molar-refractivity contribution in [3.8, 4) is 0 Å². The number of nitrogens with two attached hydrogens (primary N) is 2. The summed E-state index contributed by atoms with van der Waals surface area (Å²) in [5.74, 6) is -0.724. The number of rotatable bonds is 5. The van der Waals surface area contributed by atoms with Gasteiger partial charge < -0.3 is 11.5 Å². The van der Waals surface area contributed by atoms with E-state index in [0.29, 0.717) is 4.47 Å². The molecular weight excluding hydrogens is 336 g/mol. The molecule has 0 aromatic carbocycles. The maximum absolute atomic E-state index is 12.2. The third kappa shape index (κ3) is 4.44. The van der Waals surface area contributed by atoms with Gasteiger partial charge in [-0.15, -0.1) is 0 Å². The first kappa shape index (κ1) is 15.9. The molecule has 1 aromatic rings. The van der Waals surface area contributed by atoms with Crippen LogP contribution in [0.15, 0.2) is 21.6 Å². The number of carbonyl (C=O) groups is 1. The van der Waals surface area contributed by atoms with Crippen molar-refractivity contribution in [1.82, 2.24) is 9.71 Å². The van der Waals surface area contributed by atoms with Crippen LogP contribution in [0.3, 0.4) is 0 Å². The van der Waals surface area contributed by atoms with Gasteiger partial charge >= 0.3 is 0 Å². The van der Waals surface area contributed by atoms with E-state index in [4.69, 9.17) is 11.5 Å². The van der Waals surface area contributed by atoms with Crippen LogP contribution >= 0.6 is 15.9 Å². The summed E-state index contributed by atoms with van der Waals surface area (Å²) in [6.07, 6.45) is 1.26. The van der Waals surface area contributed by atoms with Crippen molar-refractivity contribution in [3.05, 3.63) is 16.7 Å². The van der Waals surface area contributed by atoms with Crippen LogP contribution in [0.5, 0.6) is 0 Å². The number of hydrogen-bond acceptors (Lipinski definition) is 5. The second-order valence-corrected chi connectivity index (χ2v) is 7.24. The molecule has 0 spiro atoms. The average Bonchev–Trinajstić information content (AvgIpc) is 2.17. The fourth-order valence-electron chi connectivity index (χ4n) is 1.54. The molecule has 1 amide bonds. The SMILES string of the molecule is CC(C)(CC(N)=O)NS(=O)(=O)c1cc(Br)cnc1N. The van der Waals surface area contributed by atoms with Crippen LogP contribution in [-0.4, -0.2) is 24.8 Å². The summed E-state index contributed by atoms with van der Waals surface area (Å²) in [6, 6.07) is 1.34. The van der Waals surface area contributed by atoms with Gasteiger partial charge in [-0.1, -0.05) is 0 Å². The van der Waals surface area contributed by atoms with Crippen LogP contribution in [0.1, 0.15) is 20.3 Å². The number of carbonyl (C=O) groups excluding carboxylic acids is 1. The molecule has 0 atom stereocenters. The summed E-state index contributed by atoms with van der Waals surface area (Å²) in [7, 11) is -3.89. The van der Waals surface area contributed by atoms with Gasteiger partial charge in [-0.2, -0.15) is 0 Å². The average molecular weight is 351 g/mol. The van der Waals surface area contributed by atoms with Crippen molar-refractivity contribution in [1.29, 1.82) is 0 Å². The first-order valence-corrected chi connectivity index (χ1v) is 7.54. The number of pyridine rings is 1. The van der Waals surface area contributed by atoms with Gasteiger partial charge in [-0.3, -0.25) is 4.79 Å². The van der Waals surface area contributed by atoms with Crippen LogP contribution in [0.4, 0.5) is 5.82 Å². The minimum atomic E-state index is -3.89. The molecule has 0 aliphatic heterocycles. The van der Waals surface area contributed by atoms with E-state index < -0.39 is 21.5 Å². The normalized spacial score (nSPS) is 12.4. The Kier molecular flexibility index (Phi) is 4.54. The van der Waals surface area contributed by atoms with Gasteiger partial charge in [0.2, 0.25) is 15.9 Å². The van der Waals surface area contributed by atoms with E-state index in [-0.39, 0.29) is 17.1 Å². The summed E-state index contributed by atoms with van der Waals surface area (Å²) >= 11 is 3.12. The monoisotopic (exact) mass is 350 g/mol. The molecular formula is C10H15BrN4O3S. The number of nitrogens with zero attached hydrogens (tertiary/aromatic N) is 1. The highest BCUT2D eigenvalue weighted by molar-refractivity contribution is 9.10. The van der Waals surface area contributed by atoms with Crippen molar-refractivity contribution in [3.63, 3.8) is 0 Å². The van der Waals surface area contributed by atoms with Gasteiger partial charge in [-0.25, -0.2) is 18.1 Å². The molecule has 5 N–H and O–H groups in total. The fraction of sp³-hybridized carbons (Fsp3) is 0.400. The van der Waals surface area contributed by atoms with Crippen LogP contribution in [0.25, 0.3) is 0 Å². The van der Waals surface area contributed by atoms with Crippen molar-refractivity contribution in [2.24, 2.45) is 5.73 Å². The number of aromatic nitrogens is 1. The summed E-state index contributed by atoms with van der Waals surface area (Å²) in [5, 5.41) is 0. The van der Waals surface area contributed by atoms with E-state index in [1.54, 1.807) is 13.8 Å². The Morgan fingerprint density at radius 1 is 1.53 bits per heavy atom. The molecule has 0 bridgehead atoms. The largest absolute Gasteiger partial charge is 0.383 e. The van der Waals surface area contributed by atoms with E-state index in [9.17, 15) is 13.2 Å². The summed E-state index contributed by atoms with van der Waals surface area (Å²) in [5.41, 5.74) is 9.61. The lowest BCUT2D eigenvalue weighted by Crippen LogP contribution is -2.46. The summed E-state index contributed by atoms with van der Waals surface area (Å²) in [4.78, 5) is 14.5. The zero-order chi connectivity index (χ0) is 14.8. The van der Waals surface area contributed by atoms with Gasteiger partial charge in [0, 0.05) is 22.6 Å². The number of anilines is 1. The van der Waals surface area contributed by atoms with E-state index in [1.807, 2.05) is 0 Å². The van der Waals surface area contributed by atoms with E-state index in [1.165, 1.54) is 12.3 Å². The highest BCUT2D eigenvalue weighted by atomic mass is 79.9. The Hall–Kier alpha value is -1.19. The third-order valence-corrected chi connectivity index (χ3v) is 4.33. The number of sulfonamides is 1. The minimum absolute atomic E-state index is 0.120. The predicted molar refractivity (Wildman–Crippen MR) is 74.6 cm³/mol. The Labute approximate surface area is 119 Å². The van der Waals surface area contributed by atoms with Crippen LogP contribution in [0.2, 0.25) is 0 Å². The second-order valence-electron chi connectivity index (χ2n) is 4.67. The molecule has 0 unspecified atom stereocenters. The van der Waals surface area contributed by atoms with E-state index in [2.05, 4.69) is 25.6 Å². The second kappa shape index (κ2) is 5.43. The summed E-state index contributed by atoms with van der Waals surface area (Å²) in [6.45, 7) is 3.10. The molecule has 19 heavy (non-hydrogen) atoms. The standard InChI is InChI=1S/C10H15BrN4O3S/c1-10(2,4-8(12)16)15-19(17,18)7-3-6(11)5-14-9(7)13/h3,5,15H,4H2,1-2H3,(H2,12,16)(H2,13,14). The molecule has 0 saturated heterocycles. The maximum Gasteiger partial charge on any atom is 0.244 e. The first-order valence-electron chi connectivity index (χ1n) is 5.27. The van der Waals surface area contributed by atoms with Gasteiger partial charge in [0.15, 0.2) is 0 Å². The molecule has 1 heterocycles. The van der Waals surface area contributed by atoms with E-state index in [0.717, 1.165) is 0 Å². The molecule has 7 nitrogen and oxygen atoms in total. The Morgan fingerprint density at radius 2 is 2.11 bits per heavy atom. The molecule has 0 saturated carbocycles. The lowest BCUT2D eigenvalue weighted by molar-refractivity contribution is -0.119. The molecule has 0 aliphatic carbocycles. The number of primary amides is 1. The van der Waals surface area contributed by atoms with Crippen molar-refractivity contribution < 1.29 is 13.2 Å². The number of nitrogen functional groups attached to an aromatic ring is 1. The summed E-state index contributed by atoms with van der Waals surface area (Å²) < 4.78 is 27.3. The zero-order valence-electron chi connectivity index (χ0n) is 10.5. The van der Waals surface area contributed by atoms with Crippen LogP contribution in [0, 0.1) is 0 Å². The molecule has 106 valence electrons.